The van der Waals surface area contributed by atoms with E-state index in [1.807, 2.05) is 74.5 Å². The molecule has 3 rings (SSSR count). The second kappa shape index (κ2) is 6.44. The Morgan fingerprint density at radius 1 is 0.609 bits per heavy atom. The monoisotopic (exact) mass is 304 g/mol. The Hall–Kier alpha value is -2.94. The van der Waals surface area contributed by atoms with Gasteiger partial charge in [0.05, 0.1) is 0 Å². The summed E-state index contributed by atoms with van der Waals surface area (Å²) in [6.07, 6.45) is 0. The molecule has 23 heavy (non-hydrogen) atoms. The molecule has 0 radical (unpaired) electrons. The molecule has 3 heteroatoms. The van der Waals surface area contributed by atoms with Gasteiger partial charge in [0.25, 0.3) is 0 Å². The molecule has 3 aromatic rings. The zero-order chi connectivity index (χ0) is 16.2. The first kappa shape index (κ1) is 15.0. The lowest BCUT2D eigenvalue weighted by Crippen LogP contribution is -1.96. The molecule has 0 aliphatic rings. The molecule has 0 fully saturated rings. The maximum Gasteiger partial charge on any atom is 0.118 e. The van der Waals surface area contributed by atoms with Crippen LogP contribution in [0.4, 0.5) is 22.7 Å². The van der Waals surface area contributed by atoms with Crippen LogP contribution in [0.3, 0.4) is 0 Å². The van der Waals surface area contributed by atoms with Crippen molar-refractivity contribution in [2.24, 2.45) is 0 Å². The van der Waals surface area contributed by atoms with E-state index in [2.05, 4.69) is 10.6 Å². The summed E-state index contributed by atoms with van der Waals surface area (Å²) in [5.74, 6) is 0.329. The minimum Gasteiger partial charge on any atom is -0.508 e. The first-order valence-corrected chi connectivity index (χ1v) is 7.62. The number of anilines is 4. The molecule has 0 aliphatic heterocycles. The average molecular weight is 304 g/mol. The number of hydrogen-bond donors (Lipinski definition) is 3. The van der Waals surface area contributed by atoms with Gasteiger partial charge < -0.3 is 15.7 Å². The molecule has 3 aromatic carbocycles. The largest absolute Gasteiger partial charge is 0.508 e. The number of para-hydroxylation sites is 1. The van der Waals surface area contributed by atoms with Crippen molar-refractivity contribution in [1.29, 1.82) is 0 Å². The lowest BCUT2D eigenvalue weighted by Gasteiger charge is -2.13. The van der Waals surface area contributed by atoms with E-state index in [1.54, 1.807) is 6.07 Å². The second-order valence-electron chi connectivity index (χ2n) is 5.58. The third kappa shape index (κ3) is 3.46. The van der Waals surface area contributed by atoms with Crippen LogP contribution in [0, 0.1) is 13.8 Å². The van der Waals surface area contributed by atoms with E-state index in [0.717, 1.165) is 33.9 Å². The van der Waals surface area contributed by atoms with Crippen LogP contribution >= 0.6 is 0 Å². The van der Waals surface area contributed by atoms with Crippen molar-refractivity contribution < 1.29 is 5.11 Å². The number of phenolic OH excluding ortho intramolecular Hbond substituents is 1. The predicted molar refractivity (Wildman–Crippen MR) is 97.0 cm³/mol. The van der Waals surface area contributed by atoms with Gasteiger partial charge in [0.2, 0.25) is 0 Å². The van der Waals surface area contributed by atoms with Gasteiger partial charge in [0.15, 0.2) is 0 Å². The molecule has 0 saturated heterocycles. The first-order chi connectivity index (χ1) is 11.1. The molecule has 0 heterocycles. The Morgan fingerprint density at radius 3 is 1.83 bits per heavy atom. The highest BCUT2D eigenvalue weighted by Crippen LogP contribution is 2.29. The summed E-state index contributed by atoms with van der Waals surface area (Å²) in [4.78, 5) is 0. The van der Waals surface area contributed by atoms with Crippen molar-refractivity contribution in [2.75, 3.05) is 10.6 Å². The standard InChI is InChI=1S/C20H20N2O/c1-14-15(2)20(23)13-12-19(14)22-18-10-8-17(9-11-18)21-16-6-4-3-5-7-16/h3-13,21-23H,1-2H3. The Balaban J connectivity index is 1.74. The fraction of sp³-hybridized carbons (Fsp3) is 0.100. The van der Waals surface area contributed by atoms with Gasteiger partial charge >= 0.3 is 0 Å². The molecular weight excluding hydrogens is 284 g/mol. The molecule has 0 unspecified atom stereocenters. The van der Waals surface area contributed by atoms with E-state index in [1.165, 1.54) is 0 Å². The Morgan fingerprint density at radius 2 is 1.17 bits per heavy atom. The summed E-state index contributed by atoms with van der Waals surface area (Å²) in [6.45, 7) is 3.92. The number of phenols is 1. The third-order valence-corrected chi connectivity index (χ3v) is 3.98. The maximum atomic E-state index is 9.73. The Labute approximate surface area is 136 Å². The SMILES string of the molecule is Cc1c(O)ccc(Nc2ccc(Nc3ccccc3)cc2)c1C. The highest BCUT2D eigenvalue weighted by atomic mass is 16.3. The summed E-state index contributed by atoms with van der Waals surface area (Å²) >= 11 is 0. The maximum absolute atomic E-state index is 9.73. The van der Waals surface area contributed by atoms with Crippen LogP contribution in [-0.2, 0) is 0 Å². The number of benzene rings is 3. The molecule has 0 spiro atoms. The zero-order valence-electron chi connectivity index (χ0n) is 13.3. The fourth-order valence-electron chi connectivity index (χ4n) is 2.42. The van der Waals surface area contributed by atoms with Gasteiger partial charge in [-0.15, -0.1) is 0 Å². The van der Waals surface area contributed by atoms with Gasteiger partial charge in [0.1, 0.15) is 5.75 Å². The minimum atomic E-state index is 0.329. The predicted octanol–water partition coefficient (Wildman–Crippen LogP) is 5.50. The summed E-state index contributed by atoms with van der Waals surface area (Å²) < 4.78 is 0. The van der Waals surface area contributed by atoms with Crippen LogP contribution in [0.1, 0.15) is 11.1 Å². The molecule has 3 nitrogen and oxygen atoms in total. The van der Waals surface area contributed by atoms with E-state index in [-0.39, 0.29) is 0 Å². The van der Waals surface area contributed by atoms with E-state index >= 15 is 0 Å². The van der Waals surface area contributed by atoms with Crippen molar-refractivity contribution in [2.45, 2.75) is 13.8 Å². The lowest BCUT2D eigenvalue weighted by atomic mass is 10.1. The molecule has 0 amide bonds. The van der Waals surface area contributed by atoms with Crippen LogP contribution in [0.25, 0.3) is 0 Å². The number of aromatic hydroxyl groups is 1. The van der Waals surface area contributed by atoms with Gasteiger partial charge in [-0.1, -0.05) is 18.2 Å². The van der Waals surface area contributed by atoms with E-state index in [4.69, 9.17) is 0 Å². The van der Waals surface area contributed by atoms with Gasteiger partial charge in [-0.25, -0.2) is 0 Å². The fourth-order valence-corrected chi connectivity index (χ4v) is 2.42. The van der Waals surface area contributed by atoms with Crippen LogP contribution in [0.2, 0.25) is 0 Å². The summed E-state index contributed by atoms with van der Waals surface area (Å²) in [6, 6.07) is 21.9. The molecule has 0 saturated carbocycles. The number of nitrogens with one attached hydrogen (secondary N) is 2. The van der Waals surface area contributed by atoms with Crippen molar-refractivity contribution >= 4 is 22.7 Å². The van der Waals surface area contributed by atoms with Gasteiger partial charge in [0, 0.05) is 22.7 Å². The van der Waals surface area contributed by atoms with Crippen molar-refractivity contribution in [3.05, 3.63) is 77.9 Å². The molecule has 0 atom stereocenters. The molecule has 116 valence electrons. The van der Waals surface area contributed by atoms with Crippen molar-refractivity contribution in [3.8, 4) is 5.75 Å². The van der Waals surface area contributed by atoms with Crippen LogP contribution < -0.4 is 10.6 Å². The molecule has 0 aromatic heterocycles. The smallest absolute Gasteiger partial charge is 0.118 e. The molecule has 3 N–H and O–H groups in total. The van der Waals surface area contributed by atoms with Gasteiger partial charge in [-0.3, -0.25) is 0 Å². The van der Waals surface area contributed by atoms with Gasteiger partial charge in [-0.05, 0) is 73.5 Å². The third-order valence-electron chi connectivity index (χ3n) is 3.98. The molecular formula is C20H20N2O. The summed E-state index contributed by atoms with van der Waals surface area (Å²) in [5.41, 5.74) is 6.08. The van der Waals surface area contributed by atoms with Crippen LogP contribution in [-0.4, -0.2) is 5.11 Å². The number of hydrogen-bond acceptors (Lipinski definition) is 3. The number of rotatable bonds is 4. The minimum absolute atomic E-state index is 0.329. The highest BCUT2D eigenvalue weighted by Gasteiger charge is 2.05. The van der Waals surface area contributed by atoms with Crippen LogP contribution in [0.5, 0.6) is 5.75 Å². The summed E-state index contributed by atoms with van der Waals surface area (Å²) in [7, 11) is 0. The highest BCUT2D eigenvalue weighted by molar-refractivity contribution is 5.69. The topological polar surface area (TPSA) is 44.3 Å². The van der Waals surface area contributed by atoms with E-state index in [9.17, 15) is 5.11 Å². The average Bonchev–Trinajstić information content (AvgIpc) is 2.58. The molecule has 0 aliphatic carbocycles. The Kier molecular flexibility index (Phi) is 4.20. The van der Waals surface area contributed by atoms with Crippen molar-refractivity contribution in [3.63, 3.8) is 0 Å². The Bertz CT molecular complexity index is 796. The normalized spacial score (nSPS) is 10.3. The lowest BCUT2D eigenvalue weighted by molar-refractivity contribution is 0.470. The second-order valence-corrected chi connectivity index (χ2v) is 5.58. The molecule has 0 bridgehead atoms. The van der Waals surface area contributed by atoms with Gasteiger partial charge in [-0.2, -0.15) is 0 Å². The quantitative estimate of drug-likeness (QED) is 0.558. The van der Waals surface area contributed by atoms with E-state index in [0.29, 0.717) is 5.75 Å². The van der Waals surface area contributed by atoms with E-state index < -0.39 is 0 Å². The first-order valence-electron chi connectivity index (χ1n) is 7.62. The summed E-state index contributed by atoms with van der Waals surface area (Å²) in [5, 5.41) is 16.5. The van der Waals surface area contributed by atoms with Crippen molar-refractivity contribution in [1.82, 2.24) is 0 Å². The van der Waals surface area contributed by atoms with Crippen LogP contribution in [0.15, 0.2) is 66.7 Å². The zero-order valence-corrected chi connectivity index (χ0v) is 13.3.